The molecular formula is C21H22F2N2O. The molecule has 4 unspecified atom stereocenters. The number of nitrogens with one attached hydrogen (secondary N) is 1. The normalized spacial score (nSPS) is 30.9. The maximum absolute atomic E-state index is 13.8. The van der Waals surface area contributed by atoms with Gasteiger partial charge >= 0.3 is 0 Å². The average Bonchev–Trinajstić information content (AvgIpc) is 2.61. The van der Waals surface area contributed by atoms with Gasteiger partial charge < -0.3 is 10.5 Å². The van der Waals surface area contributed by atoms with E-state index in [1.54, 1.807) is 12.1 Å². The molecule has 1 saturated heterocycles. The number of benzene rings is 2. The summed E-state index contributed by atoms with van der Waals surface area (Å²) >= 11 is 0. The van der Waals surface area contributed by atoms with Gasteiger partial charge in [0, 0.05) is 23.9 Å². The van der Waals surface area contributed by atoms with E-state index in [0.717, 1.165) is 29.7 Å². The first-order valence-corrected chi connectivity index (χ1v) is 9.05. The Morgan fingerprint density at radius 3 is 1.85 bits per heavy atom. The monoisotopic (exact) mass is 356 g/mol. The maximum atomic E-state index is 13.8. The highest BCUT2D eigenvalue weighted by molar-refractivity contribution is 5.91. The molecule has 2 aromatic carbocycles. The van der Waals surface area contributed by atoms with Crippen molar-refractivity contribution in [2.75, 3.05) is 0 Å². The Bertz CT molecular complexity index is 775. The third-order valence-electron chi connectivity index (χ3n) is 5.77. The smallest absolute Gasteiger partial charge is 0.123 e. The Labute approximate surface area is 151 Å². The van der Waals surface area contributed by atoms with Gasteiger partial charge in [-0.3, -0.25) is 0 Å². The molecule has 0 radical (unpaired) electrons. The first-order chi connectivity index (χ1) is 12.6. The molecule has 2 N–H and O–H groups in total. The fourth-order valence-corrected chi connectivity index (χ4v) is 4.72. The van der Waals surface area contributed by atoms with Crippen molar-refractivity contribution in [3.05, 3.63) is 71.3 Å². The predicted molar refractivity (Wildman–Crippen MR) is 96.0 cm³/mol. The SMILES string of the molecule is CC1CC2C(=NO)C(C1)C(c1cccc(F)c1)NC2c1cccc(F)c1. The molecule has 0 spiro atoms. The second-order valence-corrected chi connectivity index (χ2v) is 7.55. The third kappa shape index (κ3) is 3.01. The lowest BCUT2D eigenvalue weighted by Gasteiger charge is -2.48. The molecule has 136 valence electrons. The third-order valence-corrected chi connectivity index (χ3v) is 5.77. The number of rotatable bonds is 2. The largest absolute Gasteiger partial charge is 0.411 e. The molecular weight excluding hydrogens is 334 g/mol. The van der Waals surface area contributed by atoms with Crippen molar-refractivity contribution in [2.45, 2.75) is 31.8 Å². The maximum Gasteiger partial charge on any atom is 0.123 e. The van der Waals surface area contributed by atoms with Gasteiger partial charge in [0.15, 0.2) is 0 Å². The van der Waals surface area contributed by atoms with Crippen molar-refractivity contribution >= 4 is 5.71 Å². The van der Waals surface area contributed by atoms with Crippen molar-refractivity contribution in [2.24, 2.45) is 22.9 Å². The fourth-order valence-electron chi connectivity index (χ4n) is 4.72. The Morgan fingerprint density at radius 2 is 1.42 bits per heavy atom. The second-order valence-electron chi connectivity index (χ2n) is 7.55. The minimum Gasteiger partial charge on any atom is -0.411 e. The molecule has 2 fully saturated rings. The zero-order valence-electron chi connectivity index (χ0n) is 14.6. The van der Waals surface area contributed by atoms with E-state index < -0.39 is 0 Å². The molecule has 4 atom stereocenters. The number of nitrogens with zero attached hydrogens (tertiary/aromatic N) is 1. The van der Waals surface area contributed by atoms with Crippen LogP contribution in [0.4, 0.5) is 8.78 Å². The van der Waals surface area contributed by atoms with Crippen molar-refractivity contribution in [3.8, 4) is 0 Å². The standard InChI is InChI=1S/C21H22F2N2O/c1-12-8-17-19(13-4-2-6-15(22)10-13)24-20(18(9-12)21(17)25-26)14-5-3-7-16(23)11-14/h2-7,10-12,17-20,24,26H,8-9H2,1H3. The molecule has 3 nitrogen and oxygen atoms in total. The molecule has 5 heteroatoms. The first kappa shape index (κ1) is 17.2. The zero-order chi connectivity index (χ0) is 18.3. The van der Waals surface area contributed by atoms with E-state index in [-0.39, 0.29) is 35.6 Å². The Morgan fingerprint density at radius 1 is 0.923 bits per heavy atom. The van der Waals surface area contributed by atoms with Gasteiger partial charge in [0.25, 0.3) is 0 Å². The van der Waals surface area contributed by atoms with Crippen LogP contribution in [-0.4, -0.2) is 10.9 Å². The highest BCUT2D eigenvalue weighted by Gasteiger charge is 2.47. The number of halogens is 2. The van der Waals surface area contributed by atoms with Crippen molar-refractivity contribution in [1.29, 1.82) is 0 Å². The van der Waals surface area contributed by atoms with Crippen LogP contribution >= 0.6 is 0 Å². The van der Waals surface area contributed by atoms with Crippen LogP contribution < -0.4 is 5.32 Å². The minimum absolute atomic E-state index is 0.000333. The van der Waals surface area contributed by atoms with Gasteiger partial charge in [-0.25, -0.2) is 8.78 Å². The van der Waals surface area contributed by atoms with E-state index in [0.29, 0.717) is 5.92 Å². The summed E-state index contributed by atoms with van der Waals surface area (Å²) in [5.74, 6) is -0.134. The van der Waals surface area contributed by atoms with Crippen molar-refractivity contribution in [1.82, 2.24) is 5.32 Å². The molecule has 2 bridgehead atoms. The zero-order valence-corrected chi connectivity index (χ0v) is 14.6. The second kappa shape index (κ2) is 6.80. The molecule has 2 aromatic rings. The van der Waals surface area contributed by atoms with Gasteiger partial charge in [-0.15, -0.1) is 0 Å². The summed E-state index contributed by atoms with van der Waals surface area (Å²) < 4.78 is 27.6. The summed E-state index contributed by atoms with van der Waals surface area (Å²) in [5.41, 5.74) is 2.39. The molecule has 1 aliphatic carbocycles. The van der Waals surface area contributed by atoms with Crippen LogP contribution in [0.2, 0.25) is 0 Å². The summed E-state index contributed by atoms with van der Waals surface area (Å²) in [6, 6.07) is 12.7. The number of hydrogen-bond donors (Lipinski definition) is 2. The highest BCUT2D eigenvalue weighted by Crippen LogP contribution is 2.48. The molecule has 2 aliphatic rings. The summed E-state index contributed by atoms with van der Waals surface area (Å²) in [7, 11) is 0. The van der Waals surface area contributed by atoms with Gasteiger partial charge in [-0.2, -0.15) is 0 Å². The molecule has 4 rings (SSSR count). The lowest BCUT2D eigenvalue weighted by atomic mass is 9.64. The van der Waals surface area contributed by atoms with Crippen LogP contribution in [0.15, 0.2) is 53.7 Å². The number of hydrogen-bond acceptors (Lipinski definition) is 3. The molecule has 26 heavy (non-hydrogen) atoms. The van der Waals surface area contributed by atoms with Crippen molar-refractivity contribution < 1.29 is 14.0 Å². The fraction of sp³-hybridized carbons (Fsp3) is 0.381. The van der Waals surface area contributed by atoms with Gasteiger partial charge in [-0.05, 0) is 54.2 Å². The Hall–Kier alpha value is -2.27. The quantitative estimate of drug-likeness (QED) is 0.597. The van der Waals surface area contributed by atoms with Crippen LogP contribution in [0, 0.1) is 29.4 Å². The van der Waals surface area contributed by atoms with E-state index in [4.69, 9.17) is 0 Å². The highest BCUT2D eigenvalue weighted by atomic mass is 19.1. The van der Waals surface area contributed by atoms with Crippen LogP contribution in [-0.2, 0) is 0 Å². The lowest BCUT2D eigenvalue weighted by molar-refractivity contribution is 0.181. The number of piperidine rings is 1. The van der Waals surface area contributed by atoms with Crippen LogP contribution in [0.25, 0.3) is 0 Å². The van der Waals surface area contributed by atoms with Crippen LogP contribution in [0.3, 0.4) is 0 Å². The number of fused-ring (bicyclic) bond motifs is 2. The van der Waals surface area contributed by atoms with Gasteiger partial charge in [0.05, 0.1) is 5.71 Å². The van der Waals surface area contributed by atoms with Crippen LogP contribution in [0.1, 0.15) is 43.0 Å². The van der Waals surface area contributed by atoms with Gasteiger partial charge in [0.2, 0.25) is 0 Å². The van der Waals surface area contributed by atoms with Gasteiger partial charge in [0.1, 0.15) is 11.6 Å². The summed E-state index contributed by atoms with van der Waals surface area (Å²) in [4.78, 5) is 0. The molecule has 1 aliphatic heterocycles. The van der Waals surface area contributed by atoms with E-state index in [1.807, 2.05) is 12.1 Å². The van der Waals surface area contributed by atoms with E-state index in [2.05, 4.69) is 17.4 Å². The van der Waals surface area contributed by atoms with Crippen molar-refractivity contribution in [3.63, 3.8) is 0 Å². The number of oxime groups is 1. The van der Waals surface area contributed by atoms with E-state index in [9.17, 15) is 14.0 Å². The molecule has 1 heterocycles. The molecule has 0 aromatic heterocycles. The lowest BCUT2D eigenvalue weighted by Crippen LogP contribution is -2.52. The summed E-state index contributed by atoms with van der Waals surface area (Å²) in [6.07, 6.45) is 1.75. The predicted octanol–water partition coefficient (Wildman–Crippen LogP) is 4.84. The van der Waals surface area contributed by atoms with E-state index >= 15 is 0 Å². The van der Waals surface area contributed by atoms with Crippen LogP contribution in [0.5, 0.6) is 0 Å². The molecule has 0 amide bonds. The summed E-state index contributed by atoms with van der Waals surface area (Å²) in [6.45, 7) is 2.19. The average molecular weight is 356 g/mol. The molecule has 1 saturated carbocycles. The summed E-state index contributed by atoms with van der Waals surface area (Å²) in [5, 5.41) is 17.0. The van der Waals surface area contributed by atoms with Gasteiger partial charge in [-0.1, -0.05) is 36.3 Å². The minimum atomic E-state index is -0.292. The Balaban J connectivity index is 1.80. The first-order valence-electron chi connectivity index (χ1n) is 9.05. The Kier molecular flexibility index (Phi) is 4.49. The topological polar surface area (TPSA) is 44.6 Å². The van der Waals surface area contributed by atoms with E-state index in [1.165, 1.54) is 24.3 Å².